The largest absolute Gasteiger partial charge is 0.495 e. The second-order valence-electron chi connectivity index (χ2n) is 6.73. The number of rotatable bonds is 7. The maximum absolute atomic E-state index is 12.8. The molecular formula is C20H20Cl2N2O6S. The molecule has 0 aliphatic carbocycles. The van der Waals surface area contributed by atoms with E-state index in [0.29, 0.717) is 29.5 Å². The minimum atomic E-state index is -3.82. The predicted molar refractivity (Wildman–Crippen MR) is 116 cm³/mol. The molecule has 31 heavy (non-hydrogen) atoms. The van der Waals surface area contributed by atoms with Crippen LogP contribution in [0.15, 0.2) is 41.3 Å². The molecule has 8 nitrogen and oxygen atoms in total. The Kier molecular flexibility index (Phi) is 7.42. The number of carbonyl (C=O) groups excluding carboxylic acids is 2. The molecule has 1 heterocycles. The van der Waals surface area contributed by atoms with Crippen LogP contribution in [0.1, 0.15) is 23.2 Å². The number of anilines is 1. The molecule has 1 aliphatic heterocycles. The summed E-state index contributed by atoms with van der Waals surface area (Å²) in [6.45, 7) is 0.215. The van der Waals surface area contributed by atoms with Crippen LogP contribution >= 0.6 is 23.2 Å². The molecule has 0 saturated carbocycles. The van der Waals surface area contributed by atoms with E-state index in [1.807, 2.05) is 0 Å². The Morgan fingerprint density at radius 3 is 2.48 bits per heavy atom. The van der Waals surface area contributed by atoms with E-state index in [1.165, 1.54) is 29.6 Å². The first-order valence-electron chi connectivity index (χ1n) is 9.32. The Hall–Kier alpha value is -2.33. The van der Waals surface area contributed by atoms with Gasteiger partial charge in [0.2, 0.25) is 10.0 Å². The van der Waals surface area contributed by atoms with E-state index >= 15 is 0 Å². The Balaban J connectivity index is 1.68. The van der Waals surface area contributed by atoms with E-state index in [1.54, 1.807) is 12.1 Å². The fourth-order valence-electron chi connectivity index (χ4n) is 3.07. The summed E-state index contributed by atoms with van der Waals surface area (Å²) in [5.41, 5.74) is 0.289. The van der Waals surface area contributed by atoms with Gasteiger partial charge < -0.3 is 14.8 Å². The third-order valence-electron chi connectivity index (χ3n) is 4.62. The Morgan fingerprint density at radius 2 is 1.81 bits per heavy atom. The minimum absolute atomic E-state index is 0.00856. The van der Waals surface area contributed by atoms with E-state index in [0.717, 1.165) is 18.9 Å². The molecule has 1 saturated heterocycles. The molecule has 11 heteroatoms. The zero-order chi connectivity index (χ0) is 22.6. The van der Waals surface area contributed by atoms with Crippen LogP contribution in [0.5, 0.6) is 5.75 Å². The van der Waals surface area contributed by atoms with E-state index in [4.69, 9.17) is 32.7 Å². The zero-order valence-corrected chi connectivity index (χ0v) is 18.9. The van der Waals surface area contributed by atoms with Crippen LogP contribution in [-0.2, 0) is 19.6 Å². The van der Waals surface area contributed by atoms with Crippen LogP contribution in [0.4, 0.5) is 5.69 Å². The van der Waals surface area contributed by atoms with Gasteiger partial charge in [0.05, 0.1) is 23.4 Å². The molecule has 166 valence electrons. The number of hydrogen-bond acceptors (Lipinski definition) is 6. The lowest BCUT2D eigenvalue weighted by Gasteiger charge is -2.17. The van der Waals surface area contributed by atoms with E-state index in [-0.39, 0.29) is 15.5 Å². The molecule has 2 aromatic carbocycles. The number of nitrogens with zero attached hydrogens (tertiary/aromatic N) is 1. The highest BCUT2D eigenvalue weighted by Crippen LogP contribution is 2.29. The molecule has 0 unspecified atom stereocenters. The molecule has 0 aromatic heterocycles. The van der Waals surface area contributed by atoms with E-state index < -0.39 is 28.5 Å². The zero-order valence-electron chi connectivity index (χ0n) is 16.6. The summed E-state index contributed by atoms with van der Waals surface area (Å²) in [6, 6.07) is 8.50. The van der Waals surface area contributed by atoms with E-state index in [2.05, 4.69) is 5.32 Å². The number of nitrogens with one attached hydrogen (secondary N) is 1. The molecule has 0 bridgehead atoms. The van der Waals surface area contributed by atoms with Gasteiger partial charge in [-0.3, -0.25) is 4.79 Å². The van der Waals surface area contributed by atoms with Crippen molar-refractivity contribution in [2.24, 2.45) is 0 Å². The van der Waals surface area contributed by atoms with E-state index in [9.17, 15) is 18.0 Å². The topological polar surface area (TPSA) is 102 Å². The number of esters is 1. The quantitative estimate of drug-likeness (QED) is 0.600. The highest BCUT2D eigenvalue weighted by molar-refractivity contribution is 7.89. The van der Waals surface area contributed by atoms with Gasteiger partial charge in [0.25, 0.3) is 5.91 Å². The van der Waals surface area contributed by atoms with Crippen molar-refractivity contribution in [3.05, 3.63) is 52.0 Å². The number of sulfonamides is 1. The first kappa shape index (κ1) is 23.3. The molecule has 0 radical (unpaired) electrons. The summed E-state index contributed by atoms with van der Waals surface area (Å²) in [6.07, 6.45) is 1.54. The van der Waals surface area contributed by atoms with Crippen molar-refractivity contribution in [3.8, 4) is 5.75 Å². The number of methoxy groups -OCH3 is 1. The highest BCUT2D eigenvalue weighted by atomic mass is 35.5. The predicted octanol–water partition coefficient (Wildman–Crippen LogP) is 3.58. The van der Waals surface area contributed by atoms with Crippen LogP contribution in [0.25, 0.3) is 0 Å². The van der Waals surface area contributed by atoms with Crippen molar-refractivity contribution in [2.75, 3.05) is 32.1 Å². The first-order valence-corrected chi connectivity index (χ1v) is 11.5. The lowest BCUT2D eigenvalue weighted by atomic mass is 10.2. The van der Waals surface area contributed by atoms with Crippen molar-refractivity contribution < 1.29 is 27.5 Å². The summed E-state index contributed by atoms with van der Waals surface area (Å²) >= 11 is 12.0. The lowest BCUT2D eigenvalue weighted by Crippen LogP contribution is -2.28. The number of benzene rings is 2. The Morgan fingerprint density at radius 1 is 1.10 bits per heavy atom. The average Bonchev–Trinajstić information content (AvgIpc) is 3.28. The van der Waals surface area contributed by atoms with Crippen molar-refractivity contribution in [3.63, 3.8) is 0 Å². The van der Waals surface area contributed by atoms with Crippen LogP contribution in [0, 0.1) is 0 Å². The van der Waals surface area contributed by atoms with Gasteiger partial charge >= 0.3 is 5.97 Å². The molecule has 1 amide bonds. The summed E-state index contributed by atoms with van der Waals surface area (Å²) < 4.78 is 37.1. The van der Waals surface area contributed by atoms with Crippen LogP contribution in [0.2, 0.25) is 10.0 Å². The fourth-order valence-corrected chi connectivity index (χ4v) is 5.26. The number of hydrogen-bond donors (Lipinski definition) is 1. The van der Waals surface area contributed by atoms with Gasteiger partial charge in [0.1, 0.15) is 10.6 Å². The second-order valence-corrected chi connectivity index (χ2v) is 9.48. The highest BCUT2D eigenvalue weighted by Gasteiger charge is 2.30. The molecular weight excluding hydrogens is 467 g/mol. The van der Waals surface area contributed by atoms with Gasteiger partial charge in [-0.25, -0.2) is 13.2 Å². The van der Waals surface area contributed by atoms with Gasteiger partial charge in [0, 0.05) is 18.1 Å². The molecule has 3 rings (SSSR count). The SMILES string of the molecule is COc1ccc(Cl)cc1NC(=O)COC(=O)c1ccc(Cl)c(S(=O)(=O)N2CCCC2)c1. The third kappa shape index (κ3) is 5.48. The monoisotopic (exact) mass is 486 g/mol. The van der Waals surface area contributed by atoms with Crippen molar-refractivity contribution in [1.29, 1.82) is 0 Å². The third-order valence-corrected chi connectivity index (χ3v) is 7.24. The molecule has 0 spiro atoms. The number of halogens is 2. The molecule has 0 atom stereocenters. The number of ether oxygens (including phenoxy) is 2. The summed E-state index contributed by atoms with van der Waals surface area (Å²) in [4.78, 5) is 24.4. The Bertz CT molecular complexity index is 1100. The van der Waals surface area contributed by atoms with Crippen LogP contribution in [-0.4, -0.2) is 51.4 Å². The minimum Gasteiger partial charge on any atom is -0.495 e. The fraction of sp³-hybridized carbons (Fsp3) is 0.300. The van der Waals surface area contributed by atoms with Crippen molar-refractivity contribution in [1.82, 2.24) is 4.31 Å². The van der Waals surface area contributed by atoms with Gasteiger partial charge in [0.15, 0.2) is 6.61 Å². The van der Waals surface area contributed by atoms with Crippen molar-refractivity contribution in [2.45, 2.75) is 17.7 Å². The smallest absolute Gasteiger partial charge is 0.338 e. The standard InChI is InChI=1S/C20H20Cl2N2O6S/c1-29-17-7-5-14(21)11-16(17)23-19(25)12-30-20(26)13-4-6-15(22)18(10-13)31(27,28)24-8-2-3-9-24/h4-7,10-11H,2-3,8-9,12H2,1H3,(H,23,25). The van der Waals surface area contributed by atoms with Crippen LogP contribution < -0.4 is 10.1 Å². The summed E-state index contributed by atoms with van der Waals surface area (Å²) in [5.74, 6) is -1.09. The maximum atomic E-state index is 12.8. The Labute approximate surface area is 190 Å². The molecule has 2 aromatic rings. The van der Waals surface area contributed by atoms with Gasteiger partial charge in [-0.15, -0.1) is 0 Å². The lowest BCUT2D eigenvalue weighted by molar-refractivity contribution is -0.119. The number of amides is 1. The van der Waals surface area contributed by atoms with Gasteiger partial charge in [-0.1, -0.05) is 23.2 Å². The van der Waals surface area contributed by atoms with Gasteiger partial charge in [-0.05, 0) is 49.2 Å². The second kappa shape index (κ2) is 9.86. The van der Waals surface area contributed by atoms with Crippen LogP contribution in [0.3, 0.4) is 0 Å². The molecule has 1 aliphatic rings. The first-order chi connectivity index (χ1) is 14.7. The van der Waals surface area contributed by atoms with Crippen molar-refractivity contribution >= 4 is 50.8 Å². The average molecular weight is 487 g/mol. The molecule has 1 fully saturated rings. The summed E-state index contributed by atoms with van der Waals surface area (Å²) in [7, 11) is -2.38. The number of carbonyl (C=O) groups is 2. The molecule has 1 N–H and O–H groups in total. The summed E-state index contributed by atoms with van der Waals surface area (Å²) in [5, 5.41) is 2.94. The normalized spacial score (nSPS) is 14.3. The van der Waals surface area contributed by atoms with Gasteiger partial charge in [-0.2, -0.15) is 4.31 Å². The maximum Gasteiger partial charge on any atom is 0.338 e.